The monoisotopic (exact) mass is 439 g/mol. The van der Waals surface area contributed by atoms with E-state index >= 15 is 0 Å². The fourth-order valence-corrected chi connectivity index (χ4v) is 3.98. The van der Waals surface area contributed by atoms with Crippen molar-refractivity contribution >= 4 is 17.9 Å². The van der Waals surface area contributed by atoms with Gasteiger partial charge in [-0.25, -0.2) is 9.59 Å². The second kappa shape index (κ2) is 9.50. The minimum absolute atomic E-state index is 0.151. The normalized spacial score (nSPS) is 24.6. The van der Waals surface area contributed by atoms with Crippen LogP contribution in [0.3, 0.4) is 0 Å². The Kier molecular flexibility index (Phi) is 7.67. The summed E-state index contributed by atoms with van der Waals surface area (Å²) in [5, 5.41) is 21.4. The van der Waals surface area contributed by atoms with Crippen LogP contribution in [0.5, 0.6) is 0 Å². The maximum atomic E-state index is 12.8. The van der Waals surface area contributed by atoms with Gasteiger partial charge in [-0.2, -0.15) is 0 Å². The Morgan fingerprint density at radius 3 is 2.48 bits per heavy atom. The maximum absolute atomic E-state index is 12.8. The Morgan fingerprint density at radius 1 is 1.29 bits per heavy atom. The SMILES string of the molecule is C/C=C(/C)C(=O)O[C@H]1CCN2CC=C(COC(=O)[C@@](O)([C@H](C)OC(C)=O)C(C)(C)O)[C@H]12. The molecule has 0 saturated carbocycles. The fourth-order valence-electron chi connectivity index (χ4n) is 3.98. The van der Waals surface area contributed by atoms with Gasteiger partial charge in [0.1, 0.15) is 24.4 Å². The van der Waals surface area contributed by atoms with Gasteiger partial charge in [0, 0.05) is 25.6 Å². The molecular formula is C22H33NO8. The zero-order valence-electron chi connectivity index (χ0n) is 19.0. The van der Waals surface area contributed by atoms with Crippen LogP contribution in [-0.2, 0) is 28.6 Å². The summed E-state index contributed by atoms with van der Waals surface area (Å²) in [5.74, 6) is -2.20. The molecule has 1 saturated heterocycles. The van der Waals surface area contributed by atoms with Crippen molar-refractivity contribution in [3.8, 4) is 0 Å². The van der Waals surface area contributed by atoms with Gasteiger partial charge >= 0.3 is 17.9 Å². The number of fused-ring (bicyclic) bond motifs is 1. The quantitative estimate of drug-likeness (QED) is 0.245. The van der Waals surface area contributed by atoms with E-state index in [4.69, 9.17) is 14.2 Å². The first-order chi connectivity index (χ1) is 14.3. The first kappa shape index (κ1) is 25.0. The van der Waals surface area contributed by atoms with Crippen LogP contribution in [0.1, 0.15) is 48.0 Å². The molecule has 174 valence electrons. The molecule has 2 N–H and O–H groups in total. The fraction of sp³-hybridized carbons (Fsp3) is 0.682. The van der Waals surface area contributed by atoms with E-state index in [1.807, 2.05) is 6.08 Å². The molecule has 9 nitrogen and oxygen atoms in total. The number of allylic oxidation sites excluding steroid dienone is 1. The molecule has 2 rings (SSSR count). The predicted octanol–water partition coefficient (Wildman–Crippen LogP) is 0.876. The van der Waals surface area contributed by atoms with Gasteiger partial charge in [0.05, 0.1) is 6.04 Å². The Bertz CT molecular complexity index is 781. The number of hydrogen-bond acceptors (Lipinski definition) is 9. The van der Waals surface area contributed by atoms with Crippen LogP contribution in [0, 0.1) is 0 Å². The molecule has 0 bridgehead atoms. The number of carbonyl (C=O) groups excluding carboxylic acids is 3. The van der Waals surface area contributed by atoms with E-state index in [1.54, 1.807) is 19.9 Å². The molecule has 0 aromatic heterocycles. The second-order valence-corrected chi connectivity index (χ2v) is 8.58. The van der Waals surface area contributed by atoms with E-state index in [-0.39, 0.29) is 24.7 Å². The minimum Gasteiger partial charge on any atom is -0.459 e. The molecule has 9 heteroatoms. The van der Waals surface area contributed by atoms with E-state index < -0.39 is 29.2 Å². The Labute approximate surface area is 182 Å². The maximum Gasteiger partial charge on any atom is 0.345 e. The second-order valence-electron chi connectivity index (χ2n) is 8.58. The predicted molar refractivity (Wildman–Crippen MR) is 111 cm³/mol. The summed E-state index contributed by atoms with van der Waals surface area (Å²) in [6.45, 7) is 9.59. The summed E-state index contributed by atoms with van der Waals surface area (Å²) in [5.41, 5.74) is -3.14. The summed E-state index contributed by atoms with van der Waals surface area (Å²) in [6.07, 6.45) is 2.54. The van der Waals surface area contributed by atoms with Gasteiger partial charge in [0.25, 0.3) is 0 Å². The molecule has 1 fully saturated rings. The summed E-state index contributed by atoms with van der Waals surface area (Å²) in [4.78, 5) is 38.4. The largest absolute Gasteiger partial charge is 0.459 e. The Hall–Kier alpha value is -2.23. The first-order valence-corrected chi connectivity index (χ1v) is 10.4. The smallest absolute Gasteiger partial charge is 0.345 e. The van der Waals surface area contributed by atoms with Crippen molar-refractivity contribution in [1.82, 2.24) is 4.90 Å². The van der Waals surface area contributed by atoms with Gasteiger partial charge in [-0.15, -0.1) is 0 Å². The standard InChI is InChI=1S/C22H33NO8/c1-7-13(2)19(25)31-17-9-11-23-10-8-16(18(17)23)12-29-20(26)22(28,21(5,6)27)14(3)30-15(4)24/h7-8,14,17-18,27-28H,9-12H2,1-6H3/b13-7-/t14-,17-,18+,22-/m0/s1. The van der Waals surface area contributed by atoms with E-state index in [1.165, 1.54) is 20.8 Å². The molecule has 31 heavy (non-hydrogen) atoms. The molecule has 2 aliphatic rings. The van der Waals surface area contributed by atoms with Gasteiger partial charge in [-0.3, -0.25) is 9.69 Å². The third-order valence-corrected chi connectivity index (χ3v) is 5.97. The first-order valence-electron chi connectivity index (χ1n) is 10.4. The van der Waals surface area contributed by atoms with Gasteiger partial charge in [0.2, 0.25) is 5.60 Å². The number of esters is 3. The molecule has 0 radical (unpaired) electrons. The lowest BCUT2D eigenvalue weighted by Gasteiger charge is -2.39. The summed E-state index contributed by atoms with van der Waals surface area (Å²) in [6, 6.07) is -0.220. The summed E-state index contributed by atoms with van der Waals surface area (Å²) >= 11 is 0. The van der Waals surface area contributed by atoms with Crippen LogP contribution in [-0.4, -0.2) is 82.2 Å². The Balaban J connectivity index is 2.10. The highest BCUT2D eigenvalue weighted by Crippen LogP contribution is 2.33. The van der Waals surface area contributed by atoms with Crippen molar-refractivity contribution in [2.75, 3.05) is 19.7 Å². The molecule has 0 unspecified atom stereocenters. The third-order valence-electron chi connectivity index (χ3n) is 5.97. The average molecular weight is 440 g/mol. The van der Waals surface area contributed by atoms with E-state index in [9.17, 15) is 24.6 Å². The van der Waals surface area contributed by atoms with Crippen molar-refractivity contribution in [3.05, 3.63) is 23.3 Å². The minimum atomic E-state index is -2.47. The highest BCUT2D eigenvalue weighted by atomic mass is 16.6. The van der Waals surface area contributed by atoms with Crippen LogP contribution in [0.15, 0.2) is 23.3 Å². The average Bonchev–Trinajstić information content (AvgIpc) is 3.26. The van der Waals surface area contributed by atoms with E-state index in [2.05, 4.69) is 4.90 Å². The lowest BCUT2D eigenvalue weighted by Crippen LogP contribution is -2.64. The van der Waals surface area contributed by atoms with Crippen molar-refractivity contribution < 1.29 is 38.8 Å². The molecule has 0 aromatic carbocycles. The van der Waals surface area contributed by atoms with Crippen LogP contribution in [0.25, 0.3) is 0 Å². The van der Waals surface area contributed by atoms with Crippen molar-refractivity contribution in [1.29, 1.82) is 0 Å². The lowest BCUT2D eigenvalue weighted by atomic mass is 9.81. The Morgan fingerprint density at radius 2 is 1.94 bits per heavy atom. The van der Waals surface area contributed by atoms with Crippen LogP contribution >= 0.6 is 0 Å². The highest BCUT2D eigenvalue weighted by molar-refractivity contribution is 5.87. The zero-order valence-corrected chi connectivity index (χ0v) is 19.0. The molecule has 2 heterocycles. The number of hydrogen-bond donors (Lipinski definition) is 2. The molecule has 0 amide bonds. The van der Waals surface area contributed by atoms with Crippen molar-refractivity contribution in [2.24, 2.45) is 0 Å². The number of aliphatic hydroxyl groups is 2. The van der Waals surface area contributed by atoms with Gasteiger partial charge < -0.3 is 24.4 Å². The number of rotatable bonds is 8. The van der Waals surface area contributed by atoms with Gasteiger partial charge in [0.15, 0.2) is 0 Å². The summed E-state index contributed by atoms with van der Waals surface area (Å²) in [7, 11) is 0. The summed E-state index contributed by atoms with van der Waals surface area (Å²) < 4.78 is 16.0. The van der Waals surface area contributed by atoms with Crippen molar-refractivity contribution in [3.63, 3.8) is 0 Å². The van der Waals surface area contributed by atoms with Crippen LogP contribution in [0.2, 0.25) is 0 Å². The highest BCUT2D eigenvalue weighted by Gasteiger charge is 2.56. The lowest BCUT2D eigenvalue weighted by molar-refractivity contribution is -0.219. The van der Waals surface area contributed by atoms with E-state index in [0.29, 0.717) is 18.5 Å². The van der Waals surface area contributed by atoms with E-state index in [0.717, 1.165) is 19.0 Å². The molecule has 0 spiro atoms. The molecule has 0 aromatic rings. The van der Waals surface area contributed by atoms with Gasteiger partial charge in [-0.1, -0.05) is 12.2 Å². The molecular weight excluding hydrogens is 406 g/mol. The van der Waals surface area contributed by atoms with Crippen LogP contribution < -0.4 is 0 Å². The molecule has 4 atom stereocenters. The zero-order chi connectivity index (χ0) is 23.6. The molecule has 0 aliphatic carbocycles. The number of nitrogens with zero attached hydrogens (tertiary/aromatic N) is 1. The third kappa shape index (κ3) is 5.16. The van der Waals surface area contributed by atoms with Crippen LogP contribution in [0.4, 0.5) is 0 Å². The molecule has 2 aliphatic heterocycles. The number of ether oxygens (including phenoxy) is 3. The van der Waals surface area contributed by atoms with Gasteiger partial charge in [-0.05, 0) is 46.6 Å². The number of carbonyl (C=O) groups is 3. The van der Waals surface area contributed by atoms with Crippen molar-refractivity contribution in [2.45, 2.75) is 77.4 Å². The topological polar surface area (TPSA) is 123 Å².